The van der Waals surface area contributed by atoms with Crippen molar-refractivity contribution in [2.75, 3.05) is 13.1 Å². The van der Waals surface area contributed by atoms with Gasteiger partial charge in [-0.15, -0.1) is 5.10 Å². The molecule has 0 aromatic carbocycles. The lowest BCUT2D eigenvalue weighted by molar-refractivity contribution is 0.373. The summed E-state index contributed by atoms with van der Waals surface area (Å²) in [5.74, 6) is 1.98. The first-order valence-electron chi connectivity index (χ1n) is 7.24. The highest BCUT2D eigenvalue weighted by Crippen LogP contribution is 2.18. The van der Waals surface area contributed by atoms with Crippen LogP contribution in [-0.2, 0) is 18.7 Å². The zero-order valence-electron chi connectivity index (χ0n) is 12.4. The number of nitrogens with zero attached hydrogens (tertiary/aromatic N) is 6. The van der Waals surface area contributed by atoms with Crippen molar-refractivity contribution in [3.05, 3.63) is 11.7 Å². The van der Waals surface area contributed by atoms with E-state index >= 15 is 0 Å². The van der Waals surface area contributed by atoms with Gasteiger partial charge < -0.3 is 9.84 Å². The van der Waals surface area contributed by atoms with Gasteiger partial charge in [0.15, 0.2) is 5.82 Å². The molecule has 0 aliphatic heterocycles. The van der Waals surface area contributed by atoms with Gasteiger partial charge in [-0.2, -0.15) is 4.98 Å². The van der Waals surface area contributed by atoms with Gasteiger partial charge in [0.2, 0.25) is 11.0 Å². The van der Waals surface area contributed by atoms with Crippen LogP contribution in [0.25, 0.3) is 0 Å². The zero-order chi connectivity index (χ0) is 14.9. The lowest BCUT2D eigenvalue weighted by Crippen LogP contribution is -2.21. The highest BCUT2D eigenvalue weighted by Gasteiger charge is 2.10. The van der Waals surface area contributed by atoms with Crippen molar-refractivity contribution in [1.29, 1.82) is 0 Å². The summed E-state index contributed by atoms with van der Waals surface area (Å²) in [5.41, 5.74) is 0. The lowest BCUT2D eigenvalue weighted by Gasteiger charge is -2.04. The molecule has 9 heteroatoms. The van der Waals surface area contributed by atoms with Crippen molar-refractivity contribution >= 4 is 11.8 Å². The van der Waals surface area contributed by atoms with Crippen LogP contribution >= 0.6 is 11.8 Å². The van der Waals surface area contributed by atoms with E-state index in [0.717, 1.165) is 44.1 Å². The summed E-state index contributed by atoms with van der Waals surface area (Å²) in [4.78, 5) is 4.33. The molecule has 2 heterocycles. The van der Waals surface area contributed by atoms with E-state index in [1.807, 2.05) is 0 Å². The molecule has 2 aromatic rings. The zero-order valence-corrected chi connectivity index (χ0v) is 13.3. The Labute approximate surface area is 128 Å². The Bertz CT molecular complexity index is 527. The Morgan fingerprint density at radius 2 is 2.14 bits per heavy atom. The molecule has 0 saturated carbocycles. The van der Waals surface area contributed by atoms with Gasteiger partial charge in [-0.05, 0) is 29.8 Å². The summed E-state index contributed by atoms with van der Waals surface area (Å²) in [6.45, 7) is 6.84. The maximum atomic E-state index is 5.15. The quantitative estimate of drug-likeness (QED) is 0.518. The molecular weight excluding hydrogens is 290 g/mol. The molecule has 0 spiro atoms. The summed E-state index contributed by atoms with van der Waals surface area (Å²) in [6, 6.07) is 0. The maximum absolute atomic E-state index is 5.15. The molecule has 21 heavy (non-hydrogen) atoms. The topological polar surface area (TPSA) is 94.6 Å². The summed E-state index contributed by atoms with van der Waals surface area (Å²) in [5, 5.41) is 19.8. The van der Waals surface area contributed by atoms with Crippen molar-refractivity contribution in [2.24, 2.45) is 0 Å². The van der Waals surface area contributed by atoms with Crippen molar-refractivity contribution in [2.45, 2.75) is 50.6 Å². The van der Waals surface area contributed by atoms with Gasteiger partial charge in [0.1, 0.15) is 0 Å². The Kier molecular flexibility index (Phi) is 6.61. The molecule has 0 radical (unpaired) electrons. The smallest absolute Gasteiger partial charge is 0.226 e. The van der Waals surface area contributed by atoms with Gasteiger partial charge in [-0.25, -0.2) is 4.68 Å². The van der Waals surface area contributed by atoms with E-state index in [1.165, 1.54) is 11.8 Å². The van der Waals surface area contributed by atoms with Crippen molar-refractivity contribution < 1.29 is 4.52 Å². The minimum atomic E-state index is 0.607. The number of rotatable bonds is 10. The van der Waals surface area contributed by atoms with Gasteiger partial charge in [-0.3, -0.25) is 0 Å². The third-order valence-electron chi connectivity index (χ3n) is 2.73. The second kappa shape index (κ2) is 8.73. The summed E-state index contributed by atoms with van der Waals surface area (Å²) < 4.78 is 6.95. The molecule has 0 aliphatic rings. The van der Waals surface area contributed by atoms with Crippen molar-refractivity contribution in [3.63, 3.8) is 0 Å². The van der Waals surface area contributed by atoms with E-state index in [0.29, 0.717) is 17.5 Å². The molecule has 0 saturated heterocycles. The molecule has 2 rings (SSSR count). The first-order valence-corrected chi connectivity index (χ1v) is 8.23. The van der Waals surface area contributed by atoms with Crippen LogP contribution in [0.3, 0.4) is 0 Å². The second-order valence-electron chi connectivity index (χ2n) is 4.58. The number of aryl methyl sites for hydroxylation is 1. The maximum Gasteiger partial charge on any atom is 0.226 e. The standard InChI is InChI=1S/C12H21N7OS/c1-3-5-11-14-10(16-20-11)9-21-12-15-17-18-19(12)8-7-13-6-4-2/h13H,3-9H2,1-2H3. The van der Waals surface area contributed by atoms with E-state index in [-0.39, 0.29) is 0 Å². The second-order valence-corrected chi connectivity index (χ2v) is 5.52. The van der Waals surface area contributed by atoms with E-state index in [4.69, 9.17) is 4.52 Å². The summed E-state index contributed by atoms with van der Waals surface area (Å²) in [6.07, 6.45) is 2.94. The molecule has 1 N–H and O–H groups in total. The highest BCUT2D eigenvalue weighted by molar-refractivity contribution is 7.98. The minimum absolute atomic E-state index is 0.607. The molecule has 0 unspecified atom stereocenters. The SMILES string of the molecule is CCCNCCn1nnnc1SCc1noc(CCC)n1. The number of thioether (sulfide) groups is 1. The van der Waals surface area contributed by atoms with Crippen molar-refractivity contribution in [3.8, 4) is 0 Å². The van der Waals surface area contributed by atoms with Crippen molar-refractivity contribution in [1.82, 2.24) is 35.7 Å². The van der Waals surface area contributed by atoms with Crippen LogP contribution in [0.15, 0.2) is 9.68 Å². The molecule has 0 bridgehead atoms. The number of tetrazole rings is 1. The van der Waals surface area contributed by atoms with Gasteiger partial charge >= 0.3 is 0 Å². The van der Waals surface area contributed by atoms with E-state index in [9.17, 15) is 0 Å². The molecular formula is C12H21N7OS. The lowest BCUT2D eigenvalue weighted by atomic mass is 10.3. The fourth-order valence-corrected chi connectivity index (χ4v) is 2.47. The van der Waals surface area contributed by atoms with Crippen LogP contribution < -0.4 is 5.32 Å². The van der Waals surface area contributed by atoms with Crippen LogP contribution in [-0.4, -0.2) is 43.4 Å². The predicted octanol–water partition coefficient (Wildman–Crippen LogP) is 1.30. The number of aromatic nitrogens is 6. The third-order valence-corrected chi connectivity index (χ3v) is 3.68. The van der Waals surface area contributed by atoms with Gasteiger partial charge in [0, 0.05) is 13.0 Å². The monoisotopic (exact) mass is 311 g/mol. The van der Waals surface area contributed by atoms with E-state index < -0.39 is 0 Å². The number of hydrogen-bond acceptors (Lipinski definition) is 8. The minimum Gasteiger partial charge on any atom is -0.339 e. The molecule has 2 aromatic heterocycles. The molecule has 0 aliphatic carbocycles. The largest absolute Gasteiger partial charge is 0.339 e. The van der Waals surface area contributed by atoms with E-state index in [1.54, 1.807) is 4.68 Å². The summed E-state index contributed by atoms with van der Waals surface area (Å²) >= 11 is 1.52. The number of nitrogens with one attached hydrogen (secondary N) is 1. The van der Waals surface area contributed by atoms with E-state index in [2.05, 4.69) is 44.8 Å². The molecule has 0 atom stereocenters. The van der Waals surface area contributed by atoms with Crippen LogP contribution in [0.1, 0.15) is 38.4 Å². The average molecular weight is 311 g/mol. The fourth-order valence-electron chi connectivity index (χ4n) is 1.72. The molecule has 8 nitrogen and oxygen atoms in total. The number of hydrogen-bond donors (Lipinski definition) is 1. The van der Waals surface area contributed by atoms with Gasteiger partial charge in [-0.1, -0.05) is 30.8 Å². The van der Waals surface area contributed by atoms with Crippen LogP contribution in [0.5, 0.6) is 0 Å². The summed E-state index contributed by atoms with van der Waals surface area (Å²) in [7, 11) is 0. The predicted molar refractivity (Wildman–Crippen MR) is 78.8 cm³/mol. The normalized spacial score (nSPS) is 11.1. The Morgan fingerprint density at radius 3 is 2.95 bits per heavy atom. The third kappa shape index (κ3) is 5.09. The fraction of sp³-hybridized carbons (Fsp3) is 0.750. The highest BCUT2D eigenvalue weighted by atomic mass is 32.2. The van der Waals surface area contributed by atoms with Crippen LogP contribution in [0.4, 0.5) is 0 Å². The first-order chi connectivity index (χ1) is 10.3. The Morgan fingerprint density at radius 1 is 1.24 bits per heavy atom. The Hall–Kier alpha value is -1.48. The van der Waals surface area contributed by atoms with Gasteiger partial charge in [0.25, 0.3) is 0 Å². The molecule has 116 valence electrons. The average Bonchev–Trinajstić information content (AvgIpc) is 3.11. The van der Waals surface area contributed by atoms with Gasteiger partial charge in [0.05, 0.1) is 12.3 Å². The van der Waals surface area contributed by atoms with Crippen LogP contribution in [0.2, 0.25) is 0 Å². The Balaban J connectivity index is 1.81. The molecule has 0 amide bonds. The molecule has 0 fully saturated rings. The first kappa shape index (κ1) is 15.9. The van der Waals surface area contributed by atoms with Crippen LogP contribution in [0, 0.1) is 0 Å².